The molecule has 144 valence electrons. The summed E-state index contributed by atoms with van der Waals surface area (Å²) in [5.74, 6) is 2.05. The predicted octanol–water partition coefficient (Wildman–Crippen LogP) is 3.02. The van der Waals surface area contributed by atoms with Gasteiger partial charge in [-0.25, -0.2) is 19.2 Å². The van der Waals surface area contributed by atoms with Gasteiger partial charge in [-0.3, -0.25) is 0 Å². The smallest absolute Gasteiger partial charge is 0.321 e. The highest BCUT2D eigenvalue weighted by Gasteiger charge is 2.22. The van der Waals surface area contributed by atoms with E-state index in [0.29, 0.717) is 43.3 Å². The lowest BCUT2D eigenvalue weighted by molar-refractivity contribution is 0.208. The van der Waals surface area contributed by atoms with Crippen molar-refractivity contribution in [2.24, 2.45) is 0 Å². The van der Waals surface area contributed by atoms with Crippen LogP contribution in [0.5, 0.6) is 0 Å². The molecule has 0 aliphatic carbocycles. The molecular weight excluding hydrogens is 347 g/mol. The summed E-state index contributed by atoms with van der Waals surface area (Å²) < 4.78 is 13.6. The van der Waals surface area contributed by atoms with Gasteiger partial charge in [0.1, 0.15) is 23.3 Å². The van der Waals surface area contributed by atoms with E-state index >= 15 is 0 Å². The first-order valence-electron chi connectivity index (χ1n) is 9.13. The number of aryl methyl sites for hydroxylation is 2. The Bertz CT molecular complexity index is 820. The molecule has 1 saturated heterocycles. The summed E-state index contributed by atoms with van der Waals surface area (Å²) in [4.78, 5) is 25.2. The third-order valence-electron chi connectivity index (χ3n) is 4.50. The molecule has 1 fully saturated rings. The van der Waals surface area contributed by atoms with Crippen LogP contribution in [0, 0.1) is 19.7 Å². The number of nitrogens with zero attached hydrogens (tertiary/aromatic N) is 4. The molecule has 1 aliphatic heterocycles. The summed E-state index contributed by atoms with van der Waals surface area (Å²) in [6, 6.07) is 6.42. The van der Waals surface area contributed by atoms with E-state index in [1.54, 1.807) is 24.0 Å². The molecule has 8 heteroatoms. The zero-order chi connectivity index (χ0) is 19.4. The Labute approximate surface area is 158 Å². The summed E-state index contributed by atoms with van der Waals surface area (Å²) in [6.07, 6.45) is 0. The van der Waals surface area contributed by atoms with Crippen LogP contribution in [0.25, 0.3) is 0 Å². The van der Waals surface area contributed by atoms with Crippen LogP contribution in [-0.2, 0) is 0 Å². The first-order valence-corrected chi connectivity index (χ1v) is 9.13. The topological polar surface area (TPSA) is 73.4 Å². The fourth-order valence-electron chi connectivity index (χ4n) is 3.00. The molecule has 2 amide bonds. The molecule has 1 aromatic carbocycles. The van der Waals surface area contributed by atoms with E-state index < -0.39 is 0 Å². The average molecular weight is 372 g/mol. The van der Waals surface area contributed by atoms with Gasteiger partial charge in [0.15, 0.2) is 0 Å². The zero-order valence-corrected chi connectivity index (χ0v) is 15.9. The lowest BCUT2D eigenvalue weighted by atomic mass is 10.2. The van der Waals surface area contributed by atoms with Crippen molar-refractivity contribution < 1.29 is 9.18 Å². The van der Waals surface area contributed by atoms with Gasteiger partial charge in [0.2, 0.25) is 0 Å². The van der Waals surface area contributed by atoms with Gasteiger partial charge in [0, 0.05) is 44.5 Å². The number of halogens is 1. The van der Waals surface area contributed by atoms with Crippen LogP contribution in [-0.4, -0.2) is 53.6 Å². The maximum absolute atomic E-state index is 13.6. The Morgan fingerprint density at radius 3 is 2.56 bits per heavy atom. The van der Waals surface area contributed by atoms with Gasteiger partial charge in [0.05, 0.1) is 0 Å². The maximum Gasteiger partial charge on any atom is 0.321 e. The second kappa shape index (κ2) is 8.20. The van der Waals surface area contributed by atoms with E-state index in [1.807, 2.05) is 19.9 Å². The number of amides is 2. The van der Waals surface area contributed by atoms with Crippen molar-refractivity contribution >= 4 is 23.4 Å². The predicted molar refractivity (Wildman–Crippen MR) is 105 cm³/mol. The monoisotopic (exact) mass is 372 g/mol. The molecular formula is C19H25FN6O. The number of carbonyl (C=O) groups excluding carboxylic acids is 1. The highest BCUT2D eigenvalue weighted by molar-refractivity contribution is 5.89. The van der Waals surface area contributed by atoms with Crippen LogP contribution < -0.4 is 15.5 Å². The summed E-state index contributed by atoms with van der Waals surface area (Å²) in [5, 5.41) is 5.97. The summed E-state index contributed by atoms with van der Waals surface area (Å²) in [7, 11) is 0. The highest BCUT2D eigenvalue weighted by atomic mass is 19.1. The third kappa shape index (κ3) is 4.64. The van der Waals surface area contributed by atoms with Gasteiger partial charge in [-0.15, -0.1) is 0 Å². The highest BCUT2D eigenvalue weighted by Crippen LogP contribution is 2.19. The number of urea groups is 1. The van der Waals surface area contributed by atoms with Crippen molar-refractivity contribution in [3.05, 3.63) is 41.5 Å². The summed E-state index contributed by atoms with van der Waals surface area (Å²) in [5.41, 5.74) is 1.02. The van der Waals surface area contributed by atoms with Crippen molar-refractivity contribution in [2.75, 3.05) is 48.3 Å². The number of aromatic nitrogens is 2. The van der Waals surface area contributed by atoms with Gasteiger partial charge in [-0.1, -0.05) is 6.07 Å². The first-order chi connectivity index (χ1) is 13.0. The van der Waals surface area contributed by atoms with E-state index in [2.05, 4.69) is 25.5 Å². The zero-order valence-electron chi connectivity index (χ0n) is 15.9. The SMILES string of the molecule is CCNc1cc(N2CCN(C(=O)Nc3ccc(C)c(F)c3)CC2)nc(C)n1. The Kier molecular flexibility index (Phi) is 5.73. The van der Waals surface area contributed by atoms with E-state index in [1.165, 1.54) is 6.07 Å². The van der Waals surface area contributed by atoms with E-state index in [0.717, 1.165) is 18.2 Å². The van der Waals surface area contributed by atoms with Gasteiger partial charge in [-0.2, -0.15) is 0 Å². The van der Waals surface area contributed by atoms with Gasteiger partial charge >= 0.3 is 6.03 Å². The second-order valence-electron chi connectivity index (χ2n) is 6.56. The van der Waals surface area contributed by atoms with E-state index in [9.17, 15) is 9.18 Å². The standard InChI is InChI=1S/C19H25FN6O/c1-4-21-17-12-18(23-14(3)22-17)25-7-9-26(10-8-25)19(27)24-15-6-5-13(2)16(20)11-15/h5-6,11-12H,4,7-10H2,1-3H3,(H,24,27)(H,21,22,23). The maximum atomic E-state index is 13.6. The van der Waals surface area contributed by atoms with Crippen molar-refractivity contribution in [3.63, 3.8) is 0 Å². The van der Waals surface area contributed by atoms with Crippen molar-refractivity contribution in [1.29, 1.82) is 0 Å². The minimum Gasteiger partial charge on any atom is -0.370 e. The van der Waals surface area contributed by atoms with Crippen LogP contribution in [0.3, 0.4) is 0 Å². The number of piperazine rings is 1. The van der Waals surface area contributed by atoms with Crippen LogP contribution in [0.2, 0.25) is 0 Å². The lowest BCUT2D eigenvalue weighted by Crippen LogP contribution is -2.50. The molecule has 3 rings (SSSR count). The van der Waals surface area contributed by atoms with Crippen molar-refractivity contribution in [1.82, 2.24) is 14.9 Å². The summed E-state index contributed by atoms with van der Waals surface area (Å²) >= 11 is 0. The van der Waals surface area contributed by atoms with Crippen LogP contribution in [0.15, 0.2) is 24.3 Å². The molecule has 1 aliphatic rings. The van der Waals surface area contributed by atoms with Crippen molar-refractivity contribution in [2.45, 2.75) is 20.8 Å². The normalized spacial score (nSPS) is 14.2. The van der Waals surface area contributed by atoms with Gasteiger partial charge in [-0.05, 0) is 38.5 Å². The van der Waals surface area contributed by atoms with Crippen LogP contribution in [0.1, 0.15) is 18.3 Å². The number of benzene rings is 1. The molecule has 0 atom stereocenters. The number of anilines is 3. The Balaban J connectivity index is 1.59. The number of carbonyl (C=O) groups is 1. The fraction of sp³-hybridized carbons (Fsp3) is 0.421. The molecule has 0 unspecified atom stereocenters. The molecule has 1 aromatic heterocycles. The first kappa shape index (κ1) is 18.9. The fourth-order valence-corrected chi connectivity index (χ4v) is 3.00. The number of nitrogens with one attached hydrogen (secondary N) is 2. The molecule has 2 aromatic rings. The quantitative estimate of drug-likeness (QED) is 0.863. The average Bonchev–Trinajstić information content (AvgIpc) is 2.65. The molecule has 0 bridgehead atoms. The minimum atomic E-state index is -0.326. The molecule has 2 N–H and O–H groups in total. The van der Waals surface area contributed by atoms with Crippen LogP contribution >= 0.6 is 0 Å². The largest absolute Gasteiger partial charge is 0.370 e. The Hall–Kier alpha value is -2.90. The van der Waals surface area contributed by atoms with Crippen LogP contribution in [0.4, 0.5) is 26.5 Å². The lowest BCUT2D eigenvalue weighted by Gasteiger charge is -2.35. The number of rotatable bonds is 4. The second-order valence-corrected chi connectivity index (χ2v) is 6.56. The molecule has 27 heavy (non-hydrogen) atoms. The van der Waals surface area contributed by atoms with E-state index in [-0.39, 0.29) is 11.8 Å². The number of hydrogen-bond acceptors (Lipinski definition) is 5. The molecule has 0 saturated carbocycles. The molecule has 2 heterocycles. The van der Waals surface area contributed by atoms with Gasteiger partial charge < -0.3 is 20.4 Å². The summed E-state index contributed by atoms with van der Waals surface area (Å²) in [6.45, 7) is 8.87. The molecule has 0 radical (unpaired) electrons. The Morgan fingerprint density at radius 1 is 1.15 bits per heavy atom. The Morgan fingerprint density at radius 2 is 1.89 bits per heavy atom. The third-order valence-corrected chi connectivity index (χ3v) is 4.50. The molecule has 0 spiro atoms. The minimum absolute atomic E-state index is 0.217. The van der Waals surface area contributed by atoms with Gasteiger partial charge in [0.25, 0.3) is 0 Å². The molecule has 7 nitrogen and oxygen atoms in total. The van der Waals surface area contributed by atoms with Crippen molar-refractivity contribution in [3.8, 4) is 0 Å². The van der Waals surface area contributed by atoms with E-state index in [4.69, 9.17) is 0 Å². The number of hydrogen-bond donors (Lipinski definition) is 2.